The largest absolute Gasteiger partial charge is 0.324 e. The van der Waals surface area contributed by atoms with Crippen LogP contribution < -0.4 is 10.6 Å². The molecule has 0 heterocycles. The molecule has 3 heteroatoms. The summed E-state index contributed by atoms with van der Waals surface area (Å²) in [7, 11) is 0. The molecule has 0 fully saturated rings. The number of carbonyl (C=O) groups is 1. The number of benzene rings is 2. The lowest BCUT2D eigenvalue weighted by atomic mass is 10.0. The Kier molecular flexibility index (Phi) is 6.36. The van der Waals surface area contributed by atoms with Gasteiger partial charge in [-0.3, -0.25) is 4.79 Å². The molecule has 2 aromatic carbocycles. The molecule has 0 spiro atoms. The van der Waals surface area contributed by atoms with Gasteiger partial charge < -0.3 is 10.6 Å². The predicted octanol–water partition coefficient (Wildman–Crippen LogP) is 3.85. The maximum atomic E-state index is 12.2. The van der Waals surface area contributed by atoms with Crippen molar-refractivity contribution in [1.82, 2.24) is 5.32 Å². The summed E-state index contributed by atoms with van der Waals surface area (Å²) in [5.74, 6) is 0.00764. The van der Waals surface area contributed by atoms with Crippen LogP contribution in [-0.4, -0.2) is 12.5 Å². The van der Waals surface area contributed by atoms with Crippen LogP contribution in [0.4, 0.5) is 5.69 Å². The first-order valence-electron chi connectivity index (χ1n) is 8.31. The summed E-state index contributed by atoms with van der Waals surface area (Å²) in [6, 6.07) is 14.5. The van der Waals surface area contributed by atoms with Crippen LogP contribution in [0.25, 0.3) is 0 Å². The molecule has 3 nitrogen and oxygen atoms in total. The molecular weight excluding hydrogens is 284 g/mol. The summed E-state index contributed by atoms with van der Waals surface area (Å²) < 4.78 is 0. The number of para-hydroxylation sites is 1. The van der Waals surface area contributed by atoms with E-state index in [1.165, 1.54) is 22.3 Å². The lowest BCUT2D eigenvalue weighted by Gasteiger charge is -2.14. The normalized spacial score (nSPS) is 10.6. The average molecular weight is 310 g/mol. The molecule has 0 bridgehead atoms. The molecule has 0 saturated carbocycles. The second-order valence-electron chi connectivity index (χ2n) is 5.80. The number of hydrogen-bond acceptors (Lipinski definition) is 2. The summed E-state index contributed by atoms with van der Waals surface area (Å²) in [6.45, 7) is 7.31. The van der Waals surface area contributed by atoms with E-state index in [9.17, 15) is 4.79 Å². The molecule has 0 radical (unpaired) electrons. The molecule has 0 unspecified atom stereocenters. The molecule has 0 saturated heterocycles. The molecule has 0 atom stereocenters. The van der Waals surface area contributed by atoms with Crippen molar-refractivity contribution in [2.75, 3.05) is 11.9 Å². The van der Waals surface area contributed by atoms with Crippen LogP contribution in [0, 0.1) is 6.92 Å². The van der Waals surface area contributed by atoms with Crippen molar-refractivity contribution in [2.24, 2.45) is 0 Å². The quantitative estimate of drug-likeness (QED) is 0.815. The van der Waals surface area contributed by atoms with Crippen LogP contribution in [0.2, 0.25) is 0 Å². The number of anilines is 1. The van der Waals surface area contributed by atoms with Gasteiger partial charge in [0.1, 0.15) is 0 Å². The van der Waals surface area contributed by atoms with Gasteiger partial charge in [0.05, 0.1) is 6.54 Å². The van der Waals surface area contributed by atoms with Gasteiger partial charge in [-0.15, -0.1) is 0 Å². The van der Waals surface area contributed by atoms with Gasteiger partial charge in [-0.25, -0.2) is 0 Å². The number of aryl methyl sites for hydroxylation is 3. The second-order valence-corrected chi connectivity index (χ2v) is 5.80. The first-order valence-corrected chi connectivity index (χ1v) is 8.31. The zero-order valence-corrected chi connectivity index (χ0v) is 14.3. The Balaban J connectivity index is 1.92. The van der Waals surface area contributed by atoms with Crippen molar-refractivity contribution in [3.8, 4) is 0 Å². The first-order chi connectivity index (χ1) is 11.1. The molecule has 0 aliphatic rings. The highest BCUT2D eigenvalue weighted by Crippen LogP contribution is 2.22. The number of hydrogen-bond donors (Lipinski definition) is 2. The lowest BCUT2D eigenvalue weighted by Crippen LogP contribution is -2.28. The third-order valence-corrected chi connectivity index (χ3v) is 3.96. The first kappa shape index (κ1) is 17.2. The highest BCUT2D eigenvalue weighted by molar-refractivity contribution is 5.93. The van der Waals surface area contributed by atoms with E-state index < -0.39 is 0 Å². The Labute approximate surface area is 139 Å². The Hall–Kier alpha value is -2.13. The summed E-state index contributed by atoms with van der Waals surface area (Å²) in [5, 5.41) is 6.29. The smallest absolute Gasteiger partial charge is 0.238 e. The average Bonchev–Trinajstić information content (AvgIpc) is 2.55. The van der Waals surface area contributed by atoms with Crippen molar-refractivity contribution < 1.29 is 4.79 Å². The van der Waals surface area contributed by atoms with E-state index in [4.69, 9.17) is 0 Å². The van der Waals surface area contributed by atoms with Gasteiger partial charge in [-0.05, 0) is 36.5 Å². The van der Waals surface area contributed by atoms with Crippen molar-refractivity contribution in [3.05, 3.63) is 64.7 Å². The minimum Gasteiger partial charge on any atom is -0.324 e. The lowest BCUT2D eigenvalue weighted by molar-refractivity contribution is -0.115. The number of carbonyl (C=O) groups excluding carboxylic acids is 1. The Bertz CT molecular complexity index is 642. The summed E-state index contributed by atoms with van der Waals surface area (Å²) in [6.07, 6.45) is 1.83. The molecule has 2 rings (SSSR count). The molecular formula is C20H26N2O. The fourth-order valence-electron chi connectivity index (χ4n) is 2.73. The molecule has 0 aliphatic heterocycles. The van der Waals surface area contributed by atoms with Gasteiger partial charge >= 0.3 is 0 Å². The molecule has 2 N–H and O–H groups in total. The standard InChI is InChI=1S/C20H26N2O/c1-4-17-10-7-11-18(5-2)20(17)22-19(23)14-21-13-16-9-6-8-15(3)12-16/h6-12,21H,4-5,13-14H2,1-3H3,(H,22,23). The van der Waals surface area contributed by atoms with Gasteiger partial charge in [0.15, 0.2) is 0 Å². The maximum Gasteiger partial charge on any atom is 0.238 e. The van der Waals surface area contributed by atoms with Gasteiger partial charge in [-0.2, -0.15) is 0 Å². The zero-order chi connectivity index (χ0) is 16.7. The Morgan fingerprint density at radius 2 is 1.65 bits per heavy atom. The fraction of sp³-hybridized carbons (Fsp3) is 0.350. The number of rotatable bonds is 7. The van der Waals surface area contributed by atoms with Gasteiger partial charge in [0.2, 0.25) is 5.91 Å². The second kappa shape index (κ2) is 8.49. The van der Waals surface area contributed by atoms with Crippen LogP contribution in [0.3, 0.4) is 0 Å². The number of nitrogens with one attached hydrogen (secondary N) is 2. The summed E-state index contributed by atoms with van der Waals surface area (Å²) in [5.41, 5.74) is 5.80. The highest BCUT2D eigenvalue weighted by atomic mass is 16.1. The van der Waals surface area contributed by atoms with Crippen LogP contribution in [0.15, 0.2) is 42.5 Å². The molecule has 0 aliphatic carbocycles. The highest BCUT2D eigenvalue weighted by Gasteiger charge is 2.09. The van der Waals surface area contributed by atoms with Crippen LogP contribution in [0.5, 0.6) is 0 Å². The van der Waals surface area contributed by atoms with Crippen LogP contribution in [-0.2, 0) is 24.2 Å². The van der Waals surface area contributed by atoms with Gasteiger partial charge in [0, 0.05) is 12.2 Å². The topological polar surface area (TPSA) is 41.1 Å². The van der Waals surface area contributed by atoms with E-state index in [0.29, 0.717) is 13.1 Å². The third kappa shape index (κ3) is 4.93. The molecule has 23 heavy (non-hydrogen) atoms. The molecule has 122 valence electrons. The summed E-state index contributed by atoms with van der Waals surface area (Å²) >= 11 is 0. The number of amides is 1. The Morgan fingerprint density at radius 1 is 1.00 bits per heavy atom. The van der Waals surface area contributed by atoms with Crippen molar-refractivity contribution in [1.29, 1.82) is 0 Å². The SMILES string of the molecule is CCc1cccc(CC)c1NC(=O)CNCc1cccc(C)c1. The Morgan fingerprint density at radius 3 is 2.26 bits per heavy atom. The van der Waals surface area contributed by atoms with E-state index in [0.717, 1.165) is 18.5 Å². The van der Waals surface area contributed by atoms with Crippen molar-refractivity contribution >= 4 is 11.6 Å². The van der Waals surface area contributed by atoms with Crippen LogP contribution >= 0.6 is 0 Å². The monoisotopic (exact) mass is 310 g/mol. The zero-order valence-electron chi connectivity index (χ0n) is 14.3. The molecule has 1 amide bonds. The predicted molar refractivity (Wildman–Crippen MR) is 96.7 cm³/mol. The molecule has 2 aromatic rings. The summed E-state index contributed by atoms with van der Waals surface area (Å²) in [4.78, 5) is 12.2. The molecule has 0 aromatic heterocycles. The fourth-order valence-corrected chi connectivity index (χ4v) is 2.73. The maximum absolute atomic E-state index is 12.2. The minimum atomic E-state index is 0.00764. The van der Waals surface area contributed by atoms with Gasteiger partial charge in [-0.1, -0.05) is 61.9 Å². The minimum absolute atomic E-state index is 0.00764. The third-order valence-electron chi connectivity index (χ3n) is 3.96. The van der Waals surface area contributed by atoms with Gasteiger partial charge in [0.25, 0.3) is 0 Å². The van der Waals surface area contributed by atoms with E-state index in [2.05, 4.69) is 67.8 Å². The van der Waals surface area contributed by atoms with E-state index in [1.807, 2.05) is 6.07 Å². The van der Waals surface area contributed by atoms with Crippen LogP contribution in [0.1, 0.15) is 36.1 Å². The van der Waals surface area contributed by atoms with E-state index in [-0.39, 0.29) is 5.91 Å². The van der Waals surface area contributed by atoms with Crippen molar-refractivity contribution in [2.45, 2.75) is 40.2 Å². The van der Waals surface area contributed by atoms with E-state index >= 15 is 0 Å². The van der Waals surface area contributed by atoms with Crippen molar-refractivity contribution in [3.63, 3.8) is 0 Å². The van der Waals surface area contributed by atoms with E-state index in [1.54, 1.807) is 0 Å².